The molecule has 1 aromatic rings. The molecule has 1 aromatic carbocycles. The molecule has 0 spiro atoms. The van der Waals surface area contributed by atoms with Crippen molar-refractivity contribution in [1.82, 2.24) is 0 Å². The predicted octanol–water partition coefficient (Wildman–Crippen LogP) is 4.45. The van der Waals surface area contributed by atoms with E-state index in [1.807, 2.05) is 0 Å². The van der Waals surface area contributed by atoms with Gasteiger partial charge in [-0.1, -0.05) is 44.7 Å². The normalized spacial score (nSPS) is 12.4. The Morgan fingerprint density at radius 1 is 1.30 bits per heavy atom. The van der Waals surface area contributed by atoms with Crippen molar-refractivity contribution in [2.24, 2.45) is 5.92 Å². The first kappa shape index (κ1) is 16.8. The van der Waals surface area contributed by atoms with Crippen molar-refractivity contribution in [2.45, 2.75) is 46.0 Å². The molecule has 0 aliphatic carbocycles. The zero-order chi connectivity index (χ0) is 15.3. The van der Waals surface area contributed by atoms with Gasteiger partial charge in [-0.2, -0.15) is 0 Å². The minimum atomic E-state index is -0.149. The molecule has 2 N–H and O–H groups in total. The molecule has 0 saturated heterocycles. The number of halogens is 1. The molecule has 3 nitrogen and oxygen atoms in total. The summed E-state index contributed by atoms with van der Waals surface area (Å²) in [6.07, 6.45) is 4.92. The van der Waals surface area contributed by atoms with Gasteiger partial charge >= 0.3 is 0 Å². The van der Waals surface area contributed by atoms with Gasteiger partial charge in [-0.05, 0) is 31.2 Å². The zero-order valence-corrected chi connectivity index (χ0v) is 12.8. The van der Waals surface area contributed by atoms with Crippen LogP contribution in [0.3, 0.4) is 0 Å². The van der Waals surface area contributed by atoms with Gasteiger partial charge in [0, 0.05) is 5.56 Å². The van der Waals surface area contributed by atoms with E-state index in [1.54, 1.807) is 6.92 Å². The first-order chi connectivity index (χ1) is 9.43. The van der Waals surface area contributed by atoms with E-state index in [0.717, 1.165) is 25.7 Å². The van der Waals surface area contributed by atoms with Crippen molar-refractivity contribution >= 4 is 17.9 Å². The topological polar surface area (TPSA) is 57.5 Å². The first-order valence-electron chi connectivity index (χ1n) is 6.91. The van der Waals surface area contributed by atoms with Crippen LogP contribution in [0.4, 0.5) is 0 Å². The molecule has 0 heterocycles. The monoisotopic (exact) mass is 297 g/mol. The number of aromatic hydroxyl groups is 2. The van der Waals surface area contributed by atoms with Crippen LogP contribution in [0.25, 0.3) is 0 Å². The molecule has 0 bridgehead atoms. The molecular formula is C16H22ClO3. The minimum absolute atomic E-state index is 0.114. The van der Waals surface area contributed by atoms with E-state index in [4.69, 9.17) is 11.6 Å². The highest BCUT2D eigenvalue weighted by Gasteiger charge is 2.20. The van der Waals surface area contributed by atoms with E-state index < -0.39 is 0 Å². The summed E-state index contributed by atoms with van der Waals surface area (Å²) in [5, 5.41) is 20.3. The van der Waals surface area contributed by atoms with Crippen molar-refractivity contribution < 1.29 is 15.0 Å². The molecule has 1 radical (unpaired) electrons. The second-order valence-electron chi connectivity index (χ2n) is 5.29. The standard InChI is InChI=1S/C16H22ClO3/c1-4-5-6-10(2)7-8-12-15(19)13(9-18)11(3)14(17)16(12)20/h9-10,19-20H,1,4-8H2,2-3H3. The second-order valence-corrected chi connectivity index (χ2v) is 5.66. The van der Waals surface area contributed by atoms with Crippen LogP contribution < -0.4 is 0 Å². The first-order valence-corrected chi connectivity index (χ1v) is 7.29. The maximum atomic E-state index is 11.0. The zero-order valence-electron chi connectivity index (χ0n) is 12.1. The fraction of sp³-hybridized carbons (Fsp3) is 0.500. The number of benzene rings is 1. The van der Waals surface area contributed by atoms with Crippen LogP contribution in [0.5, 0.6) is 11.5 Å². The van der Waals surface area contributed by atoms with E-state index in [-0.39, 0.29) is 22.1 Å². The number of phenolic OH excluding ortho intramolecular Hbond substituents is 2. The van der Waals surface area contributed by atoms with Gasteiger partial charge in [0.05, 0.1) is 10.6 Å². The fourth-order valence-electron chi connectivity index (χ4n) is 2.29. The van der Waals surface area contributed by atoms with E-state index in [2.05, 4.69) is 13.8 Å². The maximum absolute atomic E-state index is 11.0. The van der Waals surface area contributed by atoms with Gasteiger partial charge in [-0.25, -0.2) is 0 Å². The number of aldehydes is 1. The number of carbonyl (C=O) groups is 1. The molecule has 1 unspecified atom stereocenters. The molecule has 20 heavy (non-hydrogen) atoms. The molecule has 0 amide bonds. The number of hydrogen-bond acceptors (Lipinski definition) is 3. The third-order valence-corrected chi connectivity index (χ3v) is 4.18. The van der Waals surface area contributed by atoms with Crippen LogP contribution in [0, 0.1) is 19.8 Å². The van der Waals surface area contributed by atoms with Crippen molar-refractivity contribution in [3.63, 3.8) is 0 Å². The van der Waals surface area contributed by atoms with Crippen molar-refractivity contribution in [1.29, 1.82) is 0 Å². The SMILES string of the molecule is [CH2]CCCC(C)CCc1c(O)c(Cl)c(C)c(C=O)c1O. The van der Waals surface area contributed by atoms with Crippen LogP contribution in [-0.2, 0) is 6.42 Å². The largest absolute Gasteiger partial charge is 0.507 e. The number of phenols is 2. The average Bonchev–Trinajstić information content (AvgIpc) is 2.43. The Bertz CT molecular complexity index is 483. The Balaban J connectivity index is 2.95. The third-order valence-electron chi connectivity index (χ3n) is 3.72. The molecule has 111 valence electrons. The van der Waals surface area contributed by atoms with Crippen LogP contribution in [-0.4, -0.2) is 16.5 Å². The number of hydrogen-bond donors (Lipinski definition) is 2. The summed E-state index contributed by atoms with van der Waals surface area (Å²) in [6, 6.07) is 0. The second kappa shape index (κ2) is 7.53. The highest BCUT2D eigenvalue weighted by molar-refractivity contribution is 6.33. The molecule has 0 aliphatic heterocycles. The lowest BCUT2D eigenvalue weighted by Crippen LogP contribution is -2.01. The number of unbranched alkanes of at least 4 members (excludes halogenated alkanes) is 1. The van der Waals surface area contributed by atoms with Gasteiger partial charge in [0.15, 0.2) is 6.29 Å². The van der Waals surface area contributed by atoms with Gasteiger partial charge < -0.3 is 10.2 Å². The summed E-state index contributed by atoms with van der Waals surface area (Å²) < 4.78 is 0. The Morgan fingerprint density at radius 2 is 1.95 bits per heavy atom. The van der Waals surface area contributed by atoms with Crippen LogP contribution in [0.2, 0.25) is 5.02 Å². The van der Waals surface area contributed by atoms with E-state index in [0.29, 0.717) is 29.8 Å². The summed E-state index contributed by atoms with van der Waals surface area (Å²) in [6.45, 7) is 7.54. The summed E-state index contributed by atoms with van der Waals surface area (Å²) in [7, 11) is 0. The van der Waals surface area contributed by atoms with E-state index in [9.17, 15) is 15.0 Å². The van der Waals surface area contributed by atoms with Gasteiger partial charge in [0.25, 0.3) is 0 Å². The summed E-state index contributed by atoms with van der Waals surface area (Å²) in [5.41, 5.74) is 0.933. The Labute approximate surface area is 125 Å². The average molecular weight is 298 g/mol. The molecule has 0 aromatic heterocycles. The van der Waals surface area contributed by atoms with Gasteiger partial charge in [0.2, 0.25) is 0 Å². The lowest BCUT2D eigenvalue weighted by atomic mass is 9.93. The Hall–Kier alpha value is -1.22. The number of carbonyl (C=O) groups excluding carboxylic acids is 1. The van der Waals surface area contributed by atoms with Crippen molar-refractivity contribution in [2.75, 3.05) is 0 Å². The van der Waals surface area contributed by atoms with Gasteiger partial charge in [-0.3, -0.25) is 4.79 Å². The molecule has 0 aliphatic rings. The van der Waals surface area contributed by atoms with Crippen LogP contribution >= 0.6 is 11.6 Å². The smallest absolute Gasteiger partial charge is 0.154 e. The maximum Gasteiger partial charge on any atom is 0.154 e. The Morgan fingerprint density at radius 3 is 2.50 bits per heavy atom. The van der Waals surface area contributed by atoms with Crippen LogP contribution in [0.15, 0.2) is 0 Å². The van der Waals surface area contributed by atoms with Crippen molar-refractivity contribution in [3.05, 3.63) is 28.6 Å². The summed E-state index contributed by atoms with van der Waals surface area (Å²) in [5.74, 6) is 0.204. The summed E-state index contributed by atoms with van der Waals surface area (Å²) >= 11 is 6.01. The summed E-state index contributed by atoms with van der Waals surface area (Å²) in [4.78, 5) is 11.0. The Kier molecular flexibility index (Phi) is 6.34. The fourth-order valence-corrected chi connectivity index (χ4v) is 2.51. The minimum Gasteiger partial charge on any atom is -0.507 e. The molecule has 4 heteroatoms. The highest BCUT2D eigenvalue weighted by atomic mass is 35.5. The quantitative estimate of drug-likeness (QED) is 0.731. The molecular weight excluding hydrogens is 276 g/mol. The van der Waals surface area contributed by atoms with E-state index >= 15 is 0 Å². The lowest BCUT2D eigenvalue weighted by molar-refractivity contribution is 0.112. The van der Waals surface area contributed by atoms with Gasteiger partial charge in [0.1, 0.15) is 11.5 Å². The molecule has 0 saturated carbocycles. The molecule has 1 atom stereocenters. The third kappa shape index (κ3) is 3.66. The van der Waals surface area contributed by atoms with Gasteiger partial charge in [-0.15, -0.1) is 0 Å². The van der Waals surface area contributed by atoms with Crippen LogP contribution in [0.1, 0.15) is 54.1 Å². The number of rotatable bonds is 7. The van der Waals surface area contributed by atoms with E-state index in [1.165, 1.54) is 0 Å². The highest BCUT2D eigenvalue weighted by Crippen LogP contribution is 2.40. The van der Waals surface area contributed by atoms with Crippen molar-refractivity contribution in [3.8, 4) is 11.5 Å². The molecule has 1 rings (SSSR count). The molecule has 0 fully saturated rings. The lowest BCUT2D eigenvalue weighted by Gasteiger charge is -2.16. The predicted molar refractivity (Wildman–Crippen MR) is 81.6 cm³/mol.